The third kappa shape index (κ3) is 5.97. The largest absolute Gasteiger partial charge is 0.477 e. The molecule has 0 bridgehead atoms. The first-order valence-electron chi connectivity index (χ1n) is 11.4. The predicted molar refractivity (Wildman–Crippen MR) is 138 cm³/mol. The zero-order valence-corrected chi connectivity index (χ0v) is 21.3. The summed E-state index contributed by atoms with van der Waals surface area (Å²) in [6.07, 6.45) is 6.45. The molecule has 0 saturated heterocycles. The van der Waals surface area contributed by atoms with Crippen LogP contribution in [0.25, 0.3) is 27.6 Å². The Morgan fingerprint density at radius 3 is 1.97 bits per heavy atom. The van der Waals surface area contributed by atoms with Gasteiger partial charge in [0.05, 0.1) is 5.56 Å². The number of aliphatic carboxylic acids is 1. The molecule has 3 rings (SSSR count). The van der Waals surface area contributed by atoms with Crippen LogP contribution in [0.4, 0.5) is 23.2 Å². The summed E-state index contributed by atoms with van der Waals surface area (Å²) >= 11 is 2.49. The molecule has 4 nitrogen and oxygen atoms in total. The highest BCUT2D eigenvalue weighted by atomic mass is 32.1. The lowest BCUT2D eigenvalue weighted by Gasteiger charge is -2.26. The summed E-state index contributed by atoms with van der Waals surface area (Å²) in [7, 11) is 0. The standard InChI is InChI=1S/C26H24F4N2O2S2/c1-3-5-9-32(10-6-4-2)25-23(29)21(27)18(22(28)24(25)30)8-7-16-12-19-20(35-16)13-17(36-19)11-15(14-31)26(33)34/h7-8,11-13H,3-6,9-10H2,1-2H3,(H,33,34)/b8-7+,15-11+. The molecule has 0 unspecified atom stereocenters. The van der Waals surface area contributed by atoms with Crippen LogP contribution in [0.1, 0.15) is 54.8 Å². The van der Waals surface area contributed by atoms with E-state index in [4.69, 9.17) is 10.4 Å². The summed E-state index contributed by atoms with van der Waals surface area (Å²) < 4.78 is 61.2. The number of anilines is 1. The fourth-order valence-electron chi connectivity index (χ4n) is 3.57. The Hall–Kier alpha value is -3.16. The highest BCUT2D eigenvalue weighted by Gasteiger charge is 2.27. The number of fused-ring (bicyclic) bond motifs is 1. The minimum absolute atomic E-state index is 0.295. The van der Waals surface area contributed by atoms with Gasteiger partial charge in [-0.1, -0.05) is 26.7 Å². The molecule has 190 valence electrons. The van der Waals surface area contributed by atoms with Crippen LogP contribution in [0.5, 0.6) is 0 Å². The minimum atomic E-state index is -1.44. The van der Waals surface area contributed by atoms with E-state index in [0.717, 1.165) is 28.3 Å². The first kappa shape index (κ1) is 27.4. The van der Waals surface area contributed by atoms with Gasteiger partial charge in [-0.3, -0.25) is 0 Å². The van der Waals surface area contributed by atoms with Gasteiger partial charge in [-0.05, 0) is 43.2 Å². The van der Waals surface area contributed by atoms with Crippen molar-refractivity contribution in [2.75, 3.05) is 18.0 Å². The number of thiophene rings is 2. The number of rotatable bonds is 11. The Kier molecular flexibility index (Phi) is 9.29. The number of benzene rings is 1. The number of unbranched alkanes of at least 4 members (excludes halogenated alkanes) is 2. The summed E-state index contributed by atoms with van der Waals surface area (Å²) in [5, 5.41) is 17.9. The van der Waals surface area contributed by atoms with E-state index in [-0.39, 0.29) is 0 Å². The smallest absolute Gasteiger partial charge is 0.346 e. The number of carbonyl (C=O) groups is 1. The van der Waals surface area contributed by atoms with Gasteiger partial charge >= 0.3 is 5.97 Å². The molecule has 10 heteroatoms. The van der Waals surface area contributed by atoms with E-state index in [2.05, 4.69) is 0 Å². The summed E-state index contributed by atoms with van der Waals surface area (Å²) in [4.78, 5) is 13.5. The zero-order chi connectivity index (χ0) is 26.4. The van der Waals surface area contributed by atoms with Gasteiger partial charge in [0, 0.05) is 32.2 Å². The maximum absolute atomic E-state index is 15.0. The number of carboxylic acids is 1. The van der Waals surface area contributed by atoms with Crippen molar-refractivity contribution in [3.05, 3.63) is 56.3 Å². The minimum Gasteiger partial charge on any atom is -0.477 e. The molecule has 3 aromatic rings. The molecule has 2 aromatic heterocycles. The average molecular weight is 537 g/mol. The van der Waals surface area contributed by atoms with Crippen LogP contribution < -0.4 is 4.90 Å². The number of halogens is 4. The Balaban J connectivity index is 1.92. The zero-order valence-electron chi connectivity index (χ0n) is 19.7. The van der Waals surface area contributed by atoms with Crippen molar-refractivity contribution in [1.82, 2.24) is 0 Å². The lowest BCUT2D eigenvalue weighted by Crippen LogP contribution is -2.28. The van der Waals surface area contributed by atoms with Crippen LogP contribution in [-0.4, -0.2) is 24.2 Å². The van der Waals surface area contributed by atoms with E-state index in [1.807, 2.05) is 13.8 Å². The van der Waals surface area contributed by atoms with Crippen molar-refractivity contribution >= 4 is 62.0 Å². The number of carboxylic acid groups (broad SMARTS) is 1. The molecule has 1 aromatic carbocycles. The molecule has 0 spiro atoms. The topological polar surface area (TPSA) is 64.3 Å². The fourth-order valence-corrected chi connectivity index (χ4v) is 5.83. The third-order valence-electron chi connectivity index (χ3n) is 5.45. The molecular weight excluding hydrogens is 512 g/mol. The summed E-state index contributed by atoms with van der Waals surface area (Å²) in [5.74, 6) is -7.03. The molecular formula is C26H24F4N2O2S2. The second-order valence-electron chi connectivity index (χ2n) is 8.05. The molecule has 36 heavy (non-hydrogen) atoms. The van der Waals surface area contributed by atoms with Crippen molar-refractivity contribution < 1.29 is 27.5 Å². The molecule has 2 heterocycles. The highest BCUT2D eigenvalue weighted by Crippen LogP contribution is 2.36. The Morgan fingerprint density at radius 2 is 1.47 bits per heavy atom. The Bertz CT molecular complexity index is 1300. The van der Waals surface area contributed by atoms with Gasteiger partial charge < -0.3 is 10.0 Å². The van der Waals surface area contributed by atoms with Crippen molar-refractivity contribution in [1.29, 1.82) is 5.26 Å². The van der Waals surface area contributed by atoms with Crippen molar-refractivity contribution in [3.8, 4) is 6.07 Å². The molecule has 0 aliphatic carbocycles. The van der Waals surface area contributed by atoms with Gasteiger partial charge in [-0.15, -0.1) is 22.7 Å². The van der Waals surface area contributed by atoms with Gasteiger partial charge in [0.1, 0.15) is 17.3 Å². The van der Waals surface area contributed by atoms with E-state index < -0.39 is 46.1 Å². The number of hydrogen-bond acceptors (Lipinski definition) is 5. The van der Waals surface area contributed by atoms with Gasteiger partial charge in [0.2, 0.25) is 0 Å². The second-order valence-corrected chi connectivity index (χ2v) is 10.3. The Labute approximate surface area is 214 Å². The molecule has 0 atom stereocenters. The fraction of sp³-hybridized carbons (Fsp3) is 0.308. The lowest BCUT2D eigenvalue weighted by molar-refractivity contribution is -0.132. The molecule has 0 saturated carbocycles. The van der Waals surface area contributed by atoms with Gasteiger partial charge in [0.25, 0.3) is 0 Å². The van der Waals surface area contributed by atoms with Crippen LogP contribution in [0.2, 0.25) is 0 Å². The van der Waals surface area contributed by atoms with E-state index in [1.54, 1.807) is 18.2 Å². The summed E-state index contributed by atoms with van der Waals surface area (Å²) in [5.41, 5.74) is -1.86. The molecule has 0 radical (unpaired) electrons. The van der Waals surface area contributed by atoms with Crippen molar-refractivity contribution in [2.45, 2.75) is 39.5 Å². The van der Waals surface area contributed by atoms with Gasteiger partial charge in [-0.25, -0.2) is 22.4 Å². The molecule has 0 aliphatic heterocycles. The monoisotopic (exact) mass is 536 g/mol. The molecule has 1 N–H and O–H groups in total. The summed E-state index contributed by atoms with van der Waals surface area (Å²) in [6, 6.07) is 5.01. The van der Waals surface area contributed by atoms with E-state index in [9.17, 15) is 22.4 Å². The molecule has 0 fully saturated rings. The van der Waals surface area contributed by atoms with Crippen LogP contribution in [0.15, 0.2) is 17.7 Å². The SMILES string of the molecule is CCCCN(CCCC)c1c(F)c(F)c(/C=C/c2cc3sc(/C=C(\C#N)C(=O)O)cc3s2)c(F)c1F. The summed E-state index contributed by atoms with van der Waals surface area (Å²) in [6.45, 7) is 4.44. The third-order valence-corrected chi connectivity index (χ3v) is 7.66. The van der Waals surface area contributed by atoms with Crippen LogP contribution in [-0.2, 0) is 4.79 Å². The number of nitriles is 1. The second kappa shape index (κ2) is 12.2. The van der Waals surface area contributed by atoms with E-state index >= 15 is 0 Å². The normalized spacial score (nSPS) is 12.0. The van der Waals surface area contributed by atoms with Crippen molar-refractivity contribution in [3.63, 3.8) is 0 Å². The van der Waals surface area contributed by atoms with Crippen molar-refractivity contribution in [2.24, 2.45) is 0 Å². The first-order valence-corrected chi connectivity index (χ1v) is 13.0. The van der Waals surface area contributed by atoms with E-state index in [0.29, 0.717) is 35.7 Å². The first-order chi connectivity index (χ1) is 17.2. The maximum Gasteiger partial charge on any atom is 0.346 e. The quantitative estimate of drug-likeness (QED) is 0.116. The van der Waals surface area contributed by atoms with E-state index in [1.165, 1.54) is 39.7 Å². The predicted octanol–water partition coefficient (Wildman–Crippen LogP) is 8.09. The van der Waals surface area contributed by atoms with Gasteiger partial charge in [-0.2, -0.15) is 5.26 Å². The van der Waals surface area contributed by atoms with Crippen LogP contribution >= 0.6 is 22.7 Å². The number of hydrogen-bond donors (Lipinski definition) is 1. The van der Waals surface area contributed by atoms with Crippen LogP contribution in [0.3, 0.4) is 0 Å². The lowest BCUT2D eigenvalue weighted by atomic mass is 10.1. The number of nitrogens with zero attached hydrogens (tertiary/aromatic N) is 2. The molecule has 0 aliphatic rings. The van der Waals surface area contributed by atoms with Gasteiger partial charge in [0.15, 0.2) is 23.3 Å². The maximum atomic E-state index is 15.0. The van der Waals surface area contributed by atoms with Crippen LogP contribution in [0, 0.1) is 34.6 Å². The highest BCUT2D eigenvalue weighted by molar-refractivity contribution is 7.28. The molecule has 0 amide bonds. The Morgan fingerprint density at radius 1 is 0.944 bits per heavy atom. The average Bonchev–Trinajstić information content (AvgIpc) is 3.40.